The third kappa shape index (κ3) is 3.17. The Hall–Kier alpha value is -1.32. The Kier molecular flexibility index (Phi) is 4.27. The number of hydrogen-bond acceptors (Lipinski definition) is 3. The average Bonchev–Trinajstić information content (AvgIpc) is 2.71. The molecule has 19 heavy (non-hydrogen) atoms. The molecule has 4 nitrogen and oxygen atoms in total. The van der Waals surface area contributed by atoms with Crippen LogP contribution in [0.3, 0.4) is 0 Å². The zero-order chi connectivity index (χ0) is 14.0. The van der Waals surface area contributed by atoms with Crippen molar-refractivity contribution in [1.82, 2.24) is 10.5 Å². The maximum Gasteiger partial charge on any atom is 0.257 e. The molecule has 2 unspecified atom stereocenters. The summed E-state index contributed by atoms with van der Waals surface area (Å²) >= 11 is 0. The third-order valence-corrected chi connectivity index (χ3v) is 3.91. The normalized spacial score (nSPS) is 23.6. The van der Waals surface area contributed by atoms with Crippen LogP contribution in [0, 0.1) is 12.8 Å². The van der Waals surface area contributed by atoms with Crippen molar-refractivity contribution < 1.29 is 9.32 Å². The molecule has 1 N–H and O–H groups in total. The molecule has 0 bridgehead atoms. The number of hydrogen-bond donors (Lipinski definition) is 1. The maximum atomic E-state index is 12.4. The summed E-state index contributed by atoms with van der Waals surface area (Å²) in [5, 5.41) is 7.08. The average molecular weight is 264 g/mol. The molecule has 1 aromatic rings. The Morgan fingerprint density at radius 2 is 2.16 bits per heavy atom. The second-order valence-corrected chi connectivity index (χ2v) is 6.10. The van der Waals surface area contributed by atoms with Crippen molar-refractivity contribution in [2.24, 2.45) is 5.92 Å². The van der Waals surface area contributed by atoms with Crippen LogP contribution in [0.25, 0.3) is 0 Å². The van der Waals surface area contributed by atoms with Crippen LogP contribution in [-0.4, -0.2) is 17.1 Å². The van der Waals surface area contributed by atoms with Crippen molar-refractivity contribution >= 4 is 5.91 Å². The predicted octanol–water partition coefficient (Wildman–Crippen LogP) is 3.41. The van der Waals surface area contributed by atoms with E-state index in [0.717, 1.165) is 12.8 Å². The van der Waals surface area contributed by atoms with Crippen LogP contribution in [0.4, 0.5) is 0 Å². The standard InChI is InChI=1S/C15H24N2O2/c1-9(2)14-13(11(4)17-19-14)15(18)16-12-7-5-6-10(3)8-12/h9-10,12H,5-8H2,1-4H3,(H,16,18). The molecule has 1 amide bonds. The smallest absolute Gasteiger partial charge is 0.257 e. The van der Waals surface area contributed by atoms with Gasteiger partial charge in [-0.25, -0.2) is 0 Å². The molecule has 1 saturated carbocycles. The summed E-state index contributed by atoms with van der Waals surface area (Å²) in [6.45, 7) is 8.11. The minimum Gasteiger partial charge on any atom is -0.360 e. The lowest BCUT2D eigenvalue weighted by molar-refractivity contribution is 0.0918. The van der Waals surface area contributed by atoms with Gasteiger partial charge in [0.2, 0.25) is 0 Å². The fourth-order valence-electron chi connectivity index (χ4n) is 2.88. The highest BCUT2D eigenvalue weighted by atomic mass is 16.5. The number of carbonyl (C=O) groups is 1. The summed E-state index contributed by atoms with van der Waals surface area (Å²) in [5.74, 6) is 1.54. The highest BCUT2D eigenvalue weighted by molar-refractivity contribution is 5.96. The monoisotopic (exact) mass is 264 g/mol. The molecule has 1 fully saturated rings. The highest BCUT2D eigenvalue weighted by Gasteiger charge is 2.26. The van der Waals surface area contributed by atoms with E-state index in [2.05, 4.69) is 17.4 Å². The van der Waals surface area contributed by atoms with Gasteiger partial charge in [0, 0.05) is 12.0 Å². The largest absolute Gasteiger partial charge is 0.360 e. The van der Waals surface area contributed by atoms with Crippen molar-refractivity contribution in [3.05, 3.63) is 17.0 Å². The van der Waals surface area contributed by atoms with Crippen LogP contribution >= 0.6 is 0 Å². The molecule has 106 valence electrons. The quantitative estimate of drug-likeness (QED) is 0.910. The molecule has 0 aliphatic heterocycles. The Bertz CT molecular complexity index is 451. The van der Waals surface area contributed by atoms with E-state index in [0.29, 0.717) is 29.0 Å². The van der Waals surface area contributed by atoms with Gasteiger partial charge in [0.25, 0.3) is 5.91 Å². The van der Waals surface area contributed by atoms with Crippen molar-refractivity contribution in [1.29, 1.82) is 0 Å². The zero-order valence-electron chi connectivity index (χ0n) is 12.3. The molecular formula is C15H24N2O2. The van der Waals surface area contributed by atoms with Crippen LogP contribution in [-0.2, 0) is 0 Å². The van der Waals surface area contributed by atoms with Crippen LogP contribution in [0.2, 0.25) is 0 Å². The van der Waals surface area contributed by atoms with Gasteiger partial charge >= 0.3 is 0 Å². The van der Waals surface area contributed by atoms with Crippen LogP contribution in [0.1, 0.15) is 74.2 Å². The van der Waals surface area contributed by atoms with Crippen molar-refractivity contribution in [3.63, 3.8) is 0 Å². The number of amides is 1. The Labute approximate surface area is 114 Å². The van der Waals surface area contributed by atoms with E-state index in [-0.39, 0.29) is 11.8 Å². The number of rotatable bonds is 3. The number of aryl methyl sites for hydroxylation is 1. The molecule has 1 aromatic heterocycles. The maximum absolute atomic E-state index is 12.4. The van der Waals surface area contributed by atoms with E-state index in [1.807, 2.05) is 20.8 Å². The van der Waals surface area contributed by atoms with Gasteiger partial charge in [0.1, 0.15) is 5.56 Å². The van der Waals surface area contributed by atoms with Gasteiger partial charge in [-0.05, 0) is 25.7 Å². The molecule has 0 saturated heterocycles. The molecular weight excluding hydrogens is 240 g/mol. The molecule has 1 heterocycles. The molecule has 0 radical (unpaired) electrons. The summed E-state index contributed by atoms with van der Waals surface area (Å²) in [5.41, 5.74) is 1.32. The van der Waals surface area contributed by atoms with Gasteiger partial charge in [0.15, 0.2) is 5.76 Å². The van der Waals surface area contributed by atoms with E-state index in [4.69, 9.17) is 4.52 Å². The molecule has 0 aromatic carbocycles. The van der Waals surface area contributed by atoms with Crippen LogP contribution < -0.4 is 5.32 Å². The van der Waals surface area contributed by atoms with Crippen LogP contribution in [0.15, 0.2) is 4.52 Å². The lowest BCUT2D eigenvalue weighted by Gasteiger charge is -2.27. The van der Waals surface area contributed by atoms with Gasteiger partial charge < -0.3 is 9.84 Å². The highest BCUT2D eigenvalue weighted by Crippen LogP contribution is 2.25. The lowest BCUT2D eigenvalue weighted by Crippen LogP contribution is -2.38. The first-order chi connectivity index (χ1) is 8.99. The van der Waals surface area contributed by atoms with Crippen molar-refractivity contribution in [3.8, 4) is 0 Å². The van der Waals surface area contributed by atoms with E-state index in [1.165, 1.54) is 12.8 Å². The van der Waals surface area contributed by atoms with E-state index >= 15 is 0 Å². The summed E-state index contributed by atoms with van der Waals surface area (Å²) < 4.78 is 5.28. The van der Waals surface area contributed by atoms with E-state index < -0.39 is 0 Å². The first-order valence-electron chi connectivity index (χ1n) is 7.26. The SMILES string of the molecule is Cc1noc(C(C)C)c1C(=O)NC1CCCC(C)C1. The topological polar surface area (TPSA) is 55.1 Å². The lowest BCUT2D eigenvalue weighted by atomic mass is 9.87. The fourth-order valence-corrected chi connectivity index (χ4v) is 2.88. The summed E-state index contributed by atoms with van der Waals surface area (Å²) in [4.78, 5) is 12.4. The first kappa shape index (κ1) is 14.1. The number of carbonyl (C=O) groups excluding carboxylic acids is 1. The number of aromatic nitrogens is 1. The second-order valence-electron chi connectivity index (χ2n) is 6.10. The van der Waals surface area contributed by atoms with Gasteiger partial charge in [-0.3, -0.25) is 4.79 Å². The third-order valence-electron chi connectivity index (χ3n) is 3.91. The second kappa shape index (κ2) is 5.76. The summed E-state index contributed by atoms with van der Waals surface area (Å²) in [6, 6.07) is 0.297. The van der Waals surface area contributed by atoms with Gasteiger partial charge in [-0.2, -0.15) is 0 Å². The Morgan fingerprint density at radius 1 is 1.42 bits per heavy atom. The molecule has 4 heteroatoms. The number of nitrogens with zero attached hydrogens (tertiary/aromatic N) is 1. The molecule has 0 spiro atoms. The molecule has 2 rings (SSSR count). The van der Waals surface area contributed by atoms with Crippen molar-refractivity contribution in [2.75, 3.05) is 0 Å². The predicted molar refractivity (Wildman–Crippen MR) is 74.2 cm³/mol. The molecule has 1 aliphatic carbocycles. The van der Waals surface area contributed by atoms with Gasteiger partial charge in [0.05, 0.1) is 5.69 Å². The summed E-state index contributed by atoms with van der Waals surface area (Å²) in [6.07, 6.45) is 4.63. The molecule has 2 atom stereocenters. The number of nitrogens with one attached hydrogen (secondary N) is 1. The fraction of sp³-hybridized carbons (Fsp3) is 0.733. The van der Waals surface area contributed by atoms with E-state index in [9.17, 15) is 4.79 Å². The van der Waals surface area contributed by atoms with Gasteiger partial charge in [-0.1, -0.05) is 38.8 Å². The first-order valence-corrected chi connectivity index (χ1v) is 7.26. The summed E-state index contributed by atoms with van der Waals surface area (Å²) in [7, 11) is 0. The van der Waals surface area contributed by atoms with Crippen LogP contribution in [0.5, 0.6) is 0 Å². The Balaban J connectivity index is 2.09. The zero-order valence-corrected chi connectivity index (χ0v) is 12.3. The minimum atomic E-state index is -0.0263. The van der Waals surface area contributed by atoms with Crippen molar-refractivity contribution in [2.45, 2.75) is 65.3 Å². The molecule has 1 aliphatic rings. The minimum absolute atomic E-state index is 0.0263. The van der Waals surface area contributed by atoms with E-state index in [1.54, 1.807) is 0 Å². The Morgan fingerprint density at radius 3 is 2.79 bits per heavy atom. The van der Waals surface area contributed by atoms with Gasteiger partial charge in [-0.15, -0.1) is 0 Å².